The summed E-state index contributed by atoms with van der Waals surface area (Å²) >= 11 is 8.17. The van der Waals surface area contributed by atoms with Crippen molar-refractivity contribution in [3.05, 3.63) is 44.6 Å². The lowest BCUT2D eigenvalue weighted by molar-refractivity contribution is -0.199. The number of nitrogens with one attached hydrogen (secondary N) is 4. The van der Waals surface area contributed by atoms with Crippen LogP contribution in [0, 0.1) is 31.1 Å². The molecule has 2 aliphatic heterocycles. The number of nitrogens with zero attached hydrogens (tertiary/aromatic N) is 3. The molecule has 0 spiro atoms. The fraction of sp³-hybridized carbons (Fsp3) is 0.646. The Bertz CT molecular complexity index is 2280. The van der Waals surface area contributed by atoms with Gasteiger partial charge in [0.15, 0.2) is 0 Å². The molecule has 68 heavy (non-hydrogen) atoms. The predicted octanol–water partition coefficient (Wildman–Crippen LogP) is 5.78. The fourth-order valence-electron chi connectivity index (χ4n) is 9.41. The van der Waals surface area contributed by atoms with Crippen molar-refractivity contribution in [2.24, 2.45) is 17.3 Å². The second-order valence-corrected chi connectivity index (χ2v) is 21.9. The number of likely N-dealkylation sites (tertiary alicyclic amines) is 1. The Hall–Kier alpha value is -4.78. The predicted molar refractivity (Wildman–Crippen MR) is 249 cm³/mol. The molecule has 2 saturated carbocycles. The zero-order valence-corrected chi connectivity index (χ0v) is 41.5. The Kier molecular flexibility index (Phi) is 16.0. The van der Waals surface area contributed by atoms with Gasteiger partial charge >= 0.3 is 6.18 Å². The molecule has 2 aromatic rings. The summed E-state index contributed by atoms with van der Waals surface area (Å²) in [5.41, 5.74) is -1.68. The molecule has 4 fully saturated rings. The molecule has 0 radical (unpaired) electrons. The highest BCUT2D eigenvalue weighted by Crippen LogP contribution is 2.59. The Balaban J connectivity index is 1.29. The van der Waals surface area contributed by atoms with Crippen LogP contribution in [-0.4, -0.2) is 131 Å². The van der Waals surface area contributed by atoms with Gasteiger partial charge in [0.2, 0.25) is 41.4 Å². The van der Waals surface area contributed by atoms with E-state index in [2.05, 4.69) is 21.3 Å². The average Bonchev–Trinajstić information content (AvgIpc) is 4.19. The molecular formula is C48H64ClF4N7O7S. The average molecular weight is 995 g/mol. The minimum Gasteiger partial charge on any atom is -0.354 e. The molecule has 0 unspecified atom stereocenters. The lowest BCUT2D eigenvalue weighted by Gasteiger charge is -2.36. The number of aryl methyl sites for hydroxylation is 2. The van der Waals surface area contributed by atoms with E-state index in [4.69, 9.17) is 11.6 Å². The number of alkyl halides is 4. The first kappa shape index (κ1) is 52.6. The topological polar surface area (TPSA) is 177 Å². The molecule has 374 valence electrons. The second-order valence-electron chi connectivity index (χ2n) is 20.0. The van der Waals surface area contributed by atoms with E-state index in [0.29, 0.717) is 41.2 Å². The summed E-state index contributed by atoms with van der Waals surface area (Å²) in [7, 11) is 2.84. The maximum absolute atomic E-state index is 14.8. The molecule has 4 N–H and O–H groups in total. The third kappa shape index (κ3) is 11.6. The molecular weight excluding hydrogens is 930 g/mol. The molecule has 14 nitrogen and oxygen atoms in total. The minimum atomic E-state index is -4.88. The van der Waals surface area contributed by atoms with E-state index < -0.39 is 127 Å². The molecule has 3 heterocycles. The van der Waals surface area contributed by atoms with Crippen LogP contribution < -0.4 is 21.3 Å². The van der Waals surface area contributed by atoms with Gasteiger partial charge in [-0.2, -0.15) is 13.2 Å². The normalized spacial score (nSPS) is 25.4. The van der Waals surface area contributed by atoms with Crippen LogP contribution >= 0.6 is 22.9 Å². The van der Waals surface area contributed by atoms with E-state index in [1.54, 1.807) is 37.3 Å². The molecule has 1 aromatic heterocycles. The van der Waals surface area contributed by atoms with Gasteiger partial charge in [-0.05, 0) is 126 Å². The van der Waals surface area contributed by atoms with Crippen LogP contribution in [0.15, 0.2) is 24.3 Å². The molecule has 1 aromatic carbocycles. The van der Waals surface area contributed by atoms with E-state index in [1.165, 1.54) is 23.9 Å². The minimum absolute atomic E-state index is 0.0194. The Morgan fingerprint density at radius 3 is 2.26 bits per heavy atom. The number of thiophene rings is 1. The van der Waals surface area contributed by atoms with Crippen molar-refractivity contribution in [3.8, 4) is 11.1 Å². The molecule has 0 bridgehead atoms. The van der Waals surface area contributed by atoms with Gasteiger partial charge in [0.1, 0.15) is 47.3 Å². The largest absolute Gasteiger partial charge is 0.403 e. The van der Waals surface area contributed by atoms with E-state index in [0.717, 1.165) is 20.9 Å². The highest BCUT2D eigenvalue weighted by molar-refractivity contribution is 7.12. The number of likely N-dealkylation sites (N-methyl/N-ethyl adjacent to an activating group) is 2. The number of benzene rings is 1. The number of hydrogen-bond donors (Lipinski definition) is 4. The summed E-state index contributed by atoms with van der Waals surface area (Å²) < 4.78 is 56.7. The van der Waals surface area contributed by atoms with Crippen molar-refractivity contribution in [1.29, 1.82) is 0 Å². The van der Waals surface area contributed by atoms with E-state index >= 15 is 0 Å². The maximum Gasteiger partial charge on any atom is 0.403 e. The third-order valence-electron chi connectivity index (χ3n) is 13.7. The first-order valence-electron chi connectivity index (χ1n) is 23.4. The van der Waals surface area contributed by atoms with Gasteiger partial charge in [0, 0.05) is 48.3 Å². The van der Waals surface area contributed by atoms with Crippen molar-refractivity contribution in [2.45, 2.75) is 154 Å². The van der Waals surface area contributed by atoms with Crippen molar-refractivity contribution in [2.75, 3.05) is 27.2 Å². The fourth-order valence-corrected chi connectivity index (χ4v) is 10.5. The lowest BCUT2D eigenvalue weighted by atomic mass is 9.93. The summed E-state index contributed by atoms with van der Waals surface area (Å²) in [6, 6.07) is 0.932. The van der Waals surface area contributed by atoms with Gasteiger partial charge in [0.25, 0.3) is 0 Å². The van der Waals surface area contributed by atoms with Gasteiger partial charge in [-0.15, -0.1) is 11.3 Å². The molecule has 6 atom stereocenters. The standard InChI is InChI=1S/C48H64ClF4N7O7S/c1-25(2)19-34-42(64)59(8)36(22-29-21-30(49)14-15-32(29)33-20-26(3)68-27(33)4)41(63)57-46(5,6)44(66)54-18-10-9-11-35(39(61)55-34)58(7)43(65)38(28-12-13-28)56-40(62)37-23-31(50)24-60(37)45(67)47(16-17-47)48(51,52)53/h14-15,20-21,25,28,31,34-38H,9-13,16-19,22-24H2,1-8H3,(H,54,66)(H,55,61)(H,56,62)(H,57,63)/t31-,34+,35+,36+,37+,38+/m1/s1. The van der Waals surface area contributed by atoms with Crippen molar-refractivity contribution in [1.82, 2.24) is 36.0 Å². The number of rotatable bonds is 11. The lowest BCUT2D eigenvalue weighted by Crippen LogP contribution is -2.62. The second kappa shape index (κ2) is 20.7. The van der Waals surface area contributed by atoms with Crippen molar-refractivity contribution < 1.29 is 51.1 Å². The highest BCUT2D eigenvalue weighted by Gasteiger charge is 2.70. The maximum atomic E-state index is 14.8. The number of halogens is 5. The summed E-state index contributed by atoms with van der Waals surface area (Å²) in [4.78, 5) is 104. The van der Waals surface area contributed by atoms with Crippen LogP contribution in [0.4, 0.5) is 17.6 Å². The quantitative estimate of drug-likeness (QED) is 0.206. The number of hydrogen-bond acceptors (Lipinski definition) is 8. The number of amides is 7. The molecule has 4 aliphatic rings. The first-order valence-corrected chi connectivity index (χ1v) is 24.6. The highest BCUT2D eigenvalue weighted by atomic mass is 35.5. The summed E-state index contributed by atoms with van der Waals surface area (Å²) in [5.74, 6) is -5.99. The number of carbonyl (C=O) groups excluding carboxylic acids is 7. The molecule has 7 amide bonds. The zero-order chi connectivity index (χ0) is 50.2. The van der Waals surface area contributed by atoms with Crippen molar-refractivity contribution >= 4 is 64.3 Å². The summed E-state index contributed by atoms with van der Waals surface area (Å²) in [5, 5.41) is 11.6. The van der Waals surface area contributed by atoms with Crippen LogP contribution in [-0.2, 0) is 40.0 Å². The van der Waals surface area contributed by atoms with Gasteiger partial charge < -0.3 is 36.0 Å². The van der Waals surface area contributed by atoms with Crippen molar-refractivity contribution in [3.63, 3.8) is 0 Å². The molecule has 6 rings (SSSR count). The molecule has 2 saturated heterocycles. The Morgan fingerprint density at radius 1 is 1.00 bits per heavy atom. The van der Waals surface area contributed by atoms with Gasteiger partial charge in [-0.1, -0.05) is 31.5 Å². The molecule has 2 aliphatic carbocycles. The van der Waals surface area contributed by atoms with E-state index in [1.807, 2.05) is 39.8 Å². The monoisotopic (exact) mass is 993 g/mol. The van der Waals surface area contributed by atoms with Crippen LogP contribution in [0.1, 0.15) is 101 Å². The Labute approximate surface area is 404 Å². The zero-order valence-electron chi connectivity index (χ0n) is 39.9. The summed E-state index contributed by atoms with van der Waals surface area (Å²) in [6.45, 7) is 10.3. The summed E-state index contributed by atoms with van der Waals surface area (Å²) in [6.07, 6.45) is -6.27. The van der Waals surface area contributed by atoms with Crippen LogP contribution in [0.2, 0.25) is 5.02 Å². The third-order valence-corrected chi connectivity index (χ3v) is 14.9. The van der Waals surface area contributed by atoms with Crippen LogP contribution in [0.5, 0.6) is 0 Å². The molecule has 20 heteroatoms. The van der Waals surface area contributed by atoms with Gasteiger partial charge in [-0.25, -0.2) is 4.39 Å². The smallest absolute Gasteiger partial charge is 0.354 e. The van der Waals surface area contributed by atoms with Gasteiger partial charge in [-0.3, -0.25) is 33.6 Å². The number of carbonyl (C=O) groups is 7. The van der Waals surface area contributed by atoms with Gasteiger partial charge in [0.05, 0.1) is 6.54 Å². The van der Waals surface area contributed by atoms with Crippen LogP contribution in [0.25, 0.3) is 11.1 Å². The van der Waals surface area contributed by atoms with E-state index in [-0.39, 0.29) is 31.7 Å². The first-order chi connectivity index (χ1) is 31.8. The van der Waals surface area contributed by atoms with E-state index in [9.17, 15) is 51.1 Å². The SMILES string of the molecule is Cc1cc(-c2ccc(Cl)cc2C[C@H]2C(=O)NC(C)(C)C(=O)NCCCC[C@H](N(C)C(=O)[C@@H](NC(=O)[C@@H]3C[C@@H](F)CN3C(=O)C3(C(F)(F)F)CC3)C3CC3)C(=O)N[C@@H](CC(C)C)C(=O)N2C)c(C)s1. The van der Waals surface area contributed by atoms with Crippen LogP contribution in [0.3, 0.4) is 0 Å². The Morgan fingerprint density at radius 2 is 1.68 bits per heavy atom.